The lowest BCUT2D eigenvalue weighted by Crippen LogP contribution is -2.47. The number of ketones is 1. The third kappa shape index (κ3) is 5.91. The lowest BCUT2D eigenvalue weighted by atomic mass is 10.1. The van der Waals surface area contributed by atoms with E-state index in [-0.39, 0.29) is 5.78 Å². The van der Waals surface area contributed by atoms with Crippen molar-refractivity contribution in [3.05, 3.63) is 66.8 Å². The maximum absolute atomic E-state index is 12.9. The smallest absolute Gasteiger partial charge is 0.225 e. The van der Waals surface area contributed by atoms with Gasteiger partial charge in [0.05, 0.1) is 10.9 Å². The maximum Gasteiger partial charge on any atom is 0.225 e. The molecule has 0 radical (unpaired) electrons. The van der Waals surface area contributed by atoms with Crippen LogP contribution in [-0.4, -0.2) is 81.6 Å². The van der Waals surface area contributed by atoms with Crippen LogP contribution in [-0.2, 0) is 13.1 Å². The molecule has 5 N–H and O–H groups in total. The van der Waals surface area contributed by atoms with Crippen molar-refractivity contribution in [2.45, 2.75) is 38.8 Å². The standard InChI is InChI=1S/C31H34N14O/c32-13-20-14-36-30(37-15-20)43-8-10-44(11-9-43)31-38-17-23(18-39-31)24(46)4-2-1-3-7-45-29-25(27(33)40-19-41-29)26(42-45)22-12-21-5-6-34-28(21)35-16-22/h5-6,12,14-19H,1-4,7-11,13,32H2,(H,34,35)(H2,33,40,41). The maximum atomic E-state index is 12.9. The van der Waals surface area contributed by atoms with E-state index in [1.54, 1.807) is 31.0 Å². The number of hydrogen-bond donors (Lipinski definition) is 3. The summed E-state index contributed by atoms with van der Waals surface area (Å²) in [4.78, 5) is 51.2. The van der Waals surface area contributed by atoms with Crippen LogP contribution < -0.4 is 21.3 Å². The number of rotatable bonds is 11. The number of nitrogens with zero attached hydrogens (tertiary/aromatic N) is 11. The Balaban J connectivity index is 0.906. The minimum Gasteiger partial charge on any atom is -0.383 e. The molecule has 1 aliphatic rings. The van der Waals surface area contributed by atoms with Crippen LogP contribution in [0.4, 0.5) is 17.7 Å². The van der Waals surface area contributed by atoms with E-state index in [1.807, 2.05) is 23.0 Å². The Hall–Kier alpha value is -5.57. The second-order valence-electron chi connectivity index (χ2n) is 11.2. The molecular formula is C31H34N14O. The summed E-state index contributed by atoms with van der Waals surface area (Å²) in [7, 11) is 0. The molecule has 15 heteroatoms. The van der Waals surface area contributed by atoms with Crippen molar-refractivity contribution in [2.75, 3.05) is 41.7 Å². The molecule has 7 heterocycles. The Morgan fingerprint density at radius 3 is 2.28 bits per heavy atom. The van der Waals surface area contributed by atoms with Gasteiger partial charge in [0.1, 0.15) is 23.5 Å². The van der Waals surface area contributed by atoms with E-state index in [9.17, 15) is 4.79 Å². The van der Waals surface area contributed by atoms with Gasteiger partial charge in [0, 0.05) is 99.4 Å². The van der Waals surface area contributed by atoms with Gasteiger partial charge in [-0.25, -0.2) is 39.6 Å². The number of aromatic amines is 1. The zero-order valence-electron chi connectivity index (χ0n) is 25.2. The Morgan fingerprint density at radius 2 is 1.57 bits per heavy atom. The van der Waals surface area contributed by atoms with Crippen LogP contribution in [0.3, 0.4) is 0 Å². The van der Waals surface area contributed by atoms with Crippen molar-refractivity contribution < 1.29 is 4.79 Å². The van der Waals surface area contributed by atoms with E-state index in [2.05, 4.69) is 49.7 Å². The van der Waals surface area contributed by atoms with Gasteiger partial charge in [-0.05, 0) is 25.0 Å². The molecule has 234 valence electrons. The Labute approximate surface area is 264 Å². The van der Waals surface area contributed by atoms with Crippen LogP contribution in [0, 0.1) is 0 Å². The van der Waals surface area contributed by atoms with Gasteiger partial charge in [-0.15, -0.1) is 0 Å². The number of aromatic nitrogens is 10. The molecule has 0 aromatic carbocycles. The van der Waals surface area contributed by atoms with Gasteiger partial charge in [0.15, 0.2) is 11.4 Å². The molecule has 1 saturated heterocycles. The molecule has 0 aliphatic carbocycles. The summed E-state index contributed by atoms with van der Waals surface area (Å²) in [5.41, 5.74) is 16.4. The highest BCUT2D eigenvalue weighted by atomic mass is 16.1. The predicted octanol–water partition coefficient (Wildman–Crippen LogP) is 2.76. The first-order chi connectivity index (χ1) is 22.6. The van der Waals surface area contributed by atoms with Gasteiger partial charge in [0.25, 0.3) is 0 Å². The minimum atomic E-state index is 0.0365. The van der Waals surface area contributed by atoms with E-state index in [0.29, 0.717) is 59.5 Å². The number of fused-ring (bicyclic) bond motifs is 2. The Morgan fingerprint density at radius 1 is 0.848 bits per heavy atom. The van der Waals surface area contributed by atoms with Gasteiger partial charge in [0.2, 0.25) is 11.9 Å². The summed E-state index contributed by atoms with van der Waals surface area (Å²) in [5.74, 6) is 1.73. The SMILES string of the molecule is NCc1cnc(N2CCN(c3ncc(C(=O)CCCCCn4nc(-c5cnc6[nH]ccc6c5)c5c(N)ncnc54)cn3)CC2)nc1. The molecule has 0 amide bonds. The Bertz CT molecular complexity index is 1960. The zero-order chi connectivity index (χ0) is 31.5. The average molecular weight is 619 g/mol. The summed E-state index contributed by atoms with van der Waals surface area (Å²) < 4.78 is 1.86. The number of nitrogens with two attached hydrogens (primary N) is 2. The molecule has 0 atom stereocenters. The molecule has 6 aromatic rings. The van der Waals surface area contributed by atoms with Gasteiger partial charge >= 0.3 is 0 Å². The highest BCUT2D eigenvalue weighted by molar-refractivity contribution is 5.99. The van der Waals surface area contributed by atoms with Crippen molar-refractivity contribution in [1.29, 1.82) is 0 Å². The summed E-state index contributed by atoms with van der Waals surface area (Å²) in [6.07, 6.45) is 14.7. The largest absolute Gasteiger partial charge is 0.383 e. The molecule has 0 spiro atoms. The number of hydrogen-bond acceptors (Lipinski definition) is 13. The van der Waals surface area contributed by atoms with Crippen molar-refractivity contribution in [3.8, 4) is 11.3 Å². The number of unbranched alkanes of at least 4 members (excludes halogenated alkanes) is 2. The summed E-state index contributed by atoms with van der Waals surface area (Å²) in [6, 6.07) is 3.99. The fourth-order valence-corrected chi connectivity index (χ4v) is 5.68. The van der Waals surface area contributed by atoms with E-state index in [4.69, 9.17) is 16.6 Å². The summed E-state index contributed by atoms with van der Waals surface area (Å²) >= 11 is 0. The predicted molar refractivity (Wildman–Crippen MR) is 174 cm³/mol. The number of anilines is 3. The van der Waals surface area contributed by atoms with E-state index >= 15 is 0 Å². The third-order valence-corrected chi connectivity index (χ3v) is 8.24. The van der Waals surface area contributed by atoms with Crippen LogP contribution in [0.25, 0.3) is 33.3 Å². The van der Waals surface area contributed by atoms with Crippen LogP contribution in [0.15, 0.2) is 55.6 Å². The normalized spacial score (nSPS) is 13.6. The van der Waals surface area contributed by atoms with Crippen molar-refractivity contribution in [2.24, 2.45) is 5.73 Å². The topological polar surface area (TPSA) is 199 Å². The number of piperazine rings is 1. The highest BCUT2D eigenvalue weighted by Crippen LogP contribution is 2.31. The van der Waals surface area contributed by atoms with E-state index in [1.165, 1.54) is 6.33 Å². The lowest BCUT2D eigenvalue weighted by molar-refractivity contribution is 0.0978. The highest BCUT2D eigenvalue weighted by Gasteiger charge is 2.21. The minimum absolute atomic E-state index is 0.0365. The molecule has 6 aromatic heterocycles. The van der Waals surface area contributed by atoms with E-state index in [0.717, 1.165) is 67.6 Å². The van der Waals surface area contributed by atoms with Crippen molar-refractivity contribution >= 4 is 45.6 Å². The number of Topliss-reactive ketones (excluding diaryl/α,β-unsaturated/α-hetero) is 1. The van der Waals surface area contributed by atoms with Crippen molar-refractivity contribution in [1.82, 2.24) is 49.7 Å². The molecule has 1 fully saturated rings. The number of carbonyl (C=O) groups is 1. The number of H-pyrrole nitrogens is 1. The van der Waals surface area contributed by atoms with Crippen LogP contribution >= 0.6 is 0 Å². The average Bonchev–Trinajstić information content (AvgIpc) is 3.73. The molecule has 15 nitrogen and oxygen atoms in total. The number of aryl methyl sites for hydroxylation is 1. The van der Waals surface area contributed by atoms with Crippen LogP contribution in [0.5, 0.6) is 0 Å². The molecule has 0 unspecified atom stereocenters. The molecule has 0 saturated carbocycles. The van der Waals surface area contributed by atoms with E-state index < -0.39 is 0 Å². The van der Waals surface area contributed by atoms with Crippen molar-refractivity contribution in [3.63, 3.8) is 0 Å². The molecular weight excluding hydrogens is 584 g/mol. The Kier molecular flexibility index (Phi) is 8.12. The number of carbonyl (C=O) groups excluding carboxylic acids is 1. The summed E-state index contributed by atoms with van der Waals surface area (Å²) in [5, 5.41) is 6.55. The zero-order valence-corrected chi connectivity index (χ0v) is 25.2. The van der Waals surface area contributed by atoms with Gasteiger partial charge in [-0.3, -0.25) is 4.79 Å². The number of nitrogen functional groups attached to an aromatic ring is 1. The second-order valence-corrected chi connectivity index (χ2v) is 11.2. The quantitative estimate of drug-likeness (QED) is 0.142. The first-order valence-corrected chi connectivity index (χ1v) is 15.3. The fourth-order valence-electron chi connectivity index (χ4n) is 5.68. The molecule has 1 aliphatic heterocycles. The summed E-state index contributed by atoms with van der Waals surface area (Å²) in [6.45, 7) is 4.04. The first-order valence-electron chi connectivity index (χ1n) is 15.3. The monoisotopic (exact) mass is 618 g/mol. The second kappa shape index (κ2) is 12.8. The molecule has 7 rings (SSSR count). The van der Waals surface area contributed by atoms with Gasteiger partial charge in [-0.2, -0.15) is 5.10 Å². The van der Waals surface area contributed by atoms with Gasteiger partial charge < -0.3 is 26.3 Å². The third-order valence-electron chi connectivity index (χ3n) is 8.24. The fraction of sp³-hybridized carbons (Fsp3) is 0.323. The molecule has 46 heavy (non-hydrogen) atoms. The first kappa shape index (κ1) is 29.2. The van der Waals surface area contributed by atoms with Crippen LogP contribution in [0.1, 0.15) is 41.6 Å². The number of pyridine rings is 1. The molecule has 0 bridgehead atoms. The van der Waals surface area contributed by atoms with Gasteiger partial charge in [-0.1, -0.05) is 6.42 Å². The lowest BCUT2D eigenvalue weighted by Gasteiger charge is -2.34. The number of nitrogens with one attached hydrogen (secondary N) is 1. The van der Waals surface area contributed by atoms with Crippen LogP contribution in [0.2, 0.25) is 0 Å².